The van der Waals surface area contributed by atoms with Crippen LogP contribution in [0.5, 0.6) is 0 Å². The van der Waals surface area contributed by atoms with Crippen molar-refractivity contribution in [3.8, 4) is 0 Å². The third kappa shape index (κ3) is 278. The third-order valence-electron chi connectivity index (χ3n) is 0.630. The summed E-state index contributed by atoms with van der Waals surface area (Å²) < 4.78 is 0. The van der Waals surface area contributed by atoms with E-state index >= 15 is 0 Å². The Labute approximate surface area is 105 Å². The molecule has 1 amide bonds. The van der Waals surface area contributed by atoms with Crippen LogP contribution in [-0.4, -0.2) is 24.9 Å². The minimum atomic E-state index is 0. The van der Waals surface area contributed by atoms with Gasteiger partial charge in [-0.25, -0.2) is 0 Å². The average molecular weight is 274 g/mol. The molecule has 0 saturated carbocycles. The van der Waals surface area contributed by atoms with Crippen LogP contribution in [0.3, 0.4) is 0 Å². The van der Waals surface area contributed by atoms with Gasteiger partial charge in [-0.2, -0.15) is 0 Å². The molecule has 0 unspecified atom stereocenters. The smallest absolute Gasteiger partial charge is 0.218 e. The number of rotatable bonds is 0. The quantitative estimate of drug-likeness (QED) is 0.301. The van der Waals surface area contributed by atoms with Crippen molar-refractivity contribution in [1.29, 1.82) is 0 Å². The first kappa shape index (κ1) is 223. The lowest BCUT2D eigenvalue weighted by Gasteiger charge is -2.02. The number of hydrogen-bond acceptors (Lipinski definition) is 12. The zero-order valence-corrected chi connectivity index (χ0v) is 12.1. The van der Waals surface area contributed by atoms with Gasteiger partial charge in [-0.1, -0.05) is 0 Å². The van der Waals surface area contributed by atoms with Gasteiger partial charge in [0.1, 0.15) is 0 Å². The highest BCUT2D eigenvalue weighted by Gasteiger charge is 1.87. The van der Waals surface area contributed by atoms with Crippen molar-refractivity contribution in [2.45, 2.75) is 6.92 Å². The molecule has 0 radical (unpaired) electrons. The standard InChI is InChI=1S/C4H9NO.11H3N/c1-4(6)5(2)3;;;;;;;;;;;/h1-3H3;11*1H3. The van der Waals surface area contributed by atoms with Gasteiger partial charge in [0.15, 0.2) is 0 Å². The largest absolute Gasteiger partial charge is 0.349 e. The first-order chi connectivity index (χ1) is 2.64. The van der Waals surface area contributed by atoms with E-state index in [1.807, 2.05) is 0 Å². The Morgan fingerprint density at radius 1 is 0.588 bits per heavy atom. The van der Waals surface area contributed by atoms with Gasteiger partial charge in [-0.05, 0) is 0 Å². The van der Waals surface area contributed by atoms with Crippen molar-refractivity contribution >= 4 is 5.91 Å². The summed E-state index contributed by atoms with van der Waals surface area (Å²) in [5.74, 6) is 0.0926. The Kier molecular flexibility index (Phi) is 1530. The Bertz CT molecular complexity index is 69.5. The summed E-state index contributed by atoms with van der Waals surface area (Å²) in [6, 6.07) is 0. The van der Waals surface area contributed by atoms with E-state index in [1.54, 1.807) is 14.1 Å². The first-order valence-corrected chi connectivity index (χ1v) is 1.82. The minimum Gasteiger partial charge on any atom is -0.349 e. The van der Waals surface area contributed by atoms with Gasteiger partial charge in [0.05, 0.1) is 0 Å². The van der Waals surface area contributed by atoms with Crippen molar-refractivity contribution < 1.29 is 4.79 Å². The first-order valence-electron chi connectivity index (χ1n) is 1.82. The van der Waals surface area contributed by atoms with Crippen molar-refractivity contribution in [2.24, 2.45) is 0 Å². The summed E-state index contributed by atoms with van der Waals surface area (Å²) in [7, 11) is 3.45. The normalized spacial score (nSPS) is 2.76. The van der Waals surface area contributed by atoms with E-state index in [0.717, 1.165) is 0 Å². The van der Waals surface area contributed by atoms with E-state index < -0.39 is 0 Å². The zero-order chi connectivity index (χ0) is 5.15. The summed E-state index contributed by atoms with van der Waals surface area (Å²) >= 11 is 0. The molecule has 0 atom stereocenters. The summed E-state index contributed by atoms with van der Waals surface area (Å²) in [5.41, 5.74) is 0. The second-order valence-corrected chi connectivity index (χ2v) is 1.41. The molecule has 0 rings (SSSR count). The van der Waals surface area contributed by atoms with Crippen LogP contribution in [0.15, 0.2) is 0 Å². The van der Waals surface area contributed by atoms with Crippen LogP contribution < -0.4 is 67.7 Å². The molecule has 0 fully saturated rings. The van der Waals surface area contributed by atoms with Gasteiger partial charge in [0, 0.05) is 21.0 Å². The van der Waals surface area contributed by atoms with Crippen molar-refractivity contribution in [2.75, 3.05) is 14.1 Å². The second-order valence-electron chi connectivity index (χ2n) is 1.41. The van der Waals surface area contributed by atoms with Crippen LogP contribution in [-0.2, 0) is 4.79 Å². The SMILES string of the molecule is CC(=O)N(C)C.N.N.N.N.N.N.N.N.N.N.N. The fourth-order valence-electron chi connectivity index (χ4n) is 0. The van der Waals surface area contributed by atoms with Gasteiger partial charge in [0.25, 0.3) is 0 Å². The maximum Gasteiger partial charge on any atom is 0.218 e. The van der Waals surface area contributed by atoms with E-state index in [-0.39, 0.29) is 73.6 Å². The molecule has 0 aromatic rings. The summed E-state index contributed by atoms with van der Waals surface area (Å²) in [5, 5.41) is 0. The molecule has 0 heterocycles. The van der Waals surface area contributed by atoms with Gasteiger partial charge in [-0.3, -0.25) is 4.79 Å². The number of carbonyl (C=O) groups is 1. The topological polar surface area (TPSA) is 405 Å². The van der Waals surface area contributed by atoms with E-state index in [0.29, 0.717) is 0 Å². The van der Waals surface area contributed by atoms with E-state index in [4.69, 9.17) is 0 Å². The van der Waals surface area contributed by atoms with Crippen molar-refractivity contribution in [1.82, 2.24) is 72.6 Å². The highest BCUT2D eigenvalue weighted by molar-refractivity contribution is 5.72. The summed E-state index contributed by atoms with van der Waals surface area (Å²) in [4.78, 5) is 11.6. The molecular weight excluding hydrogens is 232 g/mol. The minimum absolute atomic E-state index is 0. The number of amides is 1. The molecule has 17 heavy (non-hydrogen) atoms. The molecule has 0 aromatic heterocycles. The van der Waals surface area contributed by atoms with E-state index in [2.05, 4.69) is 0 Å². The average Bonchev–Trinajstić information content (AvgIpc) is 1.36. The molecular formula is C4H42N12O. The fraction of sp³-hybridized carbons (Fsp3) is 0.750. The Morgan fingerprint density at radius 3 is 0.647 bits per heavy atom. The lowest BCUT2D eigenvalue weighted by atomic mass is 10.7. The molecule has 13 heteroatoms. The third-order valence-corrected chi connectivity index (χ3v) is 0.630. The number of hydrogen-bond donors (Lipinski definition) is 11. The van der Waals surface area contributed by atoms with Gasteiger partial charge < -0.3 is 72.6 Å². The zero-order valence-electron chi connectivity index (χ0n) is 12.1. The Morgan fingerprint density at radius 2 is 0.647 bits per heavy atom. The van der Waals surface area contributed by atoms with Crippen LogP contribution in [0.1, 0.15) is 6.92 Å². The summed E-state index contributed by atoms with van der Waals surface area (Å²) in [6.45, 7) is 1.53. The molecule has 0 aliphatic heterocycles. The molecule has 0 spiro atoms. The van der Waals surface area contributed by atoms with Gasteiger partial charge >= 0.3 is 0 Å². The monoisotopic (exact) mass is 274 g/mol. The van der Waals surface area contributed by atoms with Gasteiger partial charge in [-0.15, -0.1) is 0 Å². The molecule has 0 bridgehead atoms. The molecule has 124 valence electrons. The van der Waals surface area contributed by atoms with E-state index in [9.17, 15) is 4.79 Å². The van der Waals surface area contributed by atoms with Crippen molar-refractivity contribution in [3.63, 3.8) is 0 Å². The van der Waals surface area contributed by atoms with Crippen LogP contribution >= 0.6 is 0 Å². The summed E-state index contributed by atoms with van der Waals surface area (Å²) in [6.07, 6.45) is 0. The highest BCUT2D eigenvalue weighted by atomic mass is 16.2. The van der Waals surface area contributed by atoms with Crippen LogP contribution in [0.25, 0.3) is 0 Å². The maximum absolute atomic E-state index is 10.1. The molecule has 13 nitrogen and oxygen atoms in total. The van der Waals surface area contributed by atoms with Crippen LogP contribution in [0.4, 0.5) is 0 Å². The van der Waals surface area contributed by atoms with Crippen LogP contribution in [0.2, 0.25) is 0 Å². The number of carbonyl (C=O) groups excluding carboxylic acids is 1. The molecule has 0 aliphatic carbocycles. The fourth-order valence-corrected chi connectivity index (χ4v) is 0. The predicted molar refractivity (Wildman–Crippen MR) is 79.6 cm³/mol. The van der Waals surface area contributed by atoms with Crippen molar-refractivity contribution in [3.05, 3.63) is 0 Å². The molecule has 33 N–H and O–H groups in total. The predicted octanol–water partition coefficient (Wildman–Crippen LogP) is 1.88. The highest BCUT2D eigenvalue weighted by Crippen LogP contribution is 1.69. The van der Waals surface area contributed by atoms with Crippen LogP contribution in [0, 0.1) is 0 Å². The number of nitrogens with zero attached hydrogens (tertiary/aromatic N) is 1. The lowest BCUT2D eigenvalue weighted by molar-refractivity contribution is -0.126. The molecule has 0 aromatic carbocycles. The Balaban J connectivity index is -0.00000000227. The Hall–Kier alpha value is -0.970. The molecule has 0 saturated heterocycles. The second kappa shape index (κ2) is 117. The van der Waals surface area contributed by atoms with E-state index in [1.165, 1.54) is 11.8 Å². The van der Waals surface area contributed by atoms with Gasteiger partial charge in [0.2, 0.25) is 5.91 Å². The lowest BCUT2D eigenvalue weighted by Crippen LogP contribution is -2.17. The maximum atomic E-state index is 10.1. The molecule has 0 aliphatic rings.